The van der Waals surface area contributed by atoms with Gasteiger partial charge in [-0.15, -0.1) is 11.3 Å². The summed E-state index contributed by atoms with van der Waals surface area (Å²) in [5.41, 5.74) is 5.00. The second-order valence-electron chi connectivity index (χ2n) is 8.34. The van der Waals surface area contributed by atoms with Crippen molar-refractivity contribution in [2.75, 3.05) is 13.1 Å². The van der Waals surface area contributed by atoms with Gasteiger partial charge in [-0.2, -0.15) is 4.31 Å². The molecule has 1 fully saturated rings. The van der Waals surface area contributed by atoms with Crippen molar-refractivity contribution in [3.05, 3.63) is 87.9 Å². The molecule has 0 N–H and O–H groups in total. The van der Waals surface area contributed by atoms with Crippen LogP contribution in [0.1, 0.15) is 35.6 Å². The Morgan fingerprint density at radius 2 is 1.81 bits per heavy atom. The molecule has 0 saturated carbocycles. The molecule has 4 aromatic rings. The number of nitrogens with zero attached hydrogens (tertiary/aromatic N) is 2. The van der Waals surface area contributed by atoms with Crippen LogP contribution in [0.3, 0.4) is 0 Å². The molecule has 4 nitrogen and oxygen atoms in total. The summed E-state index contributed by atoms with van der Waals surface area (Å²) in [5.74, 6) is 0.343. The first-order valence-corrected chi connectivity index (χ1v) is 13.5. The highest BCUT2D eigenvalue weighted by atomic mass is 35.5. The van der Waals surface area contributed by atoms with E-state index in [-0.39, 0.29) is 0 Å². The number of benzene rings is 2. The van der Waals surface area contributed by atoms with Crippen LogP contribution in [0.15, 0.2) is 70.3 Å². The summed E-state index contributed by atoms with van der Waals surface area (Å²) in [6.45, 7) is 4.06. The maximum Gasteiger partial charge on any atom is 0.252 e. The molecule has 166 valence electrons. The monoisotopic (exact) mass is 484 g/mol. The first-order chi connectivity index (χ1) is 15.4. The van der Waals surface area contributed by atoms with Gasteiger partial charge >= 0.3 is 0 Å². The third kappa shape index (κ3) is 3.90. The molecule has 0 radical (unpaired) electrons. The molecule has 0 spiro atoms. The van der Waals surface area contributed by atoms with E-state index in [4.69, 9.17) is 11.6 Å². The summed E-state index contributed by atoms with van der Waals surface area (Å²) in [4.78, 5) is 0. The van der Waals surface area contributed by atoms with Gasteiger partial charge in [0, 0.05) is 41.3 Å². The predicted octanol–water partition coefficient (Wildman–Crippen LogP) is 6.28. The molecule has 0 unspecified atom stereocenters. The minimum Gasteiger partial charge on any atom is -0.340 e. The van der Waals surface area contributed by atoms with Crippen molar-refractivity contribution >= 4 is 43.9 Å². The molecule has 0 amide bonds. The summed E-state index contributed by atoms with van der Waals surface area (Å²) in [7, 11) is -3.38. The Labute approximate surface area is 198 Å². The highest BCUT2D eigenvalue weighted by Gasteiger charge is 2.32. The van der Waals surface area contributed by atoms with Gasteiger partial charge in [0.15, 0.2) is 0 Å². The van der Waals surface area contributed by atoms with Crippen LogP contribution < -0.4 is 0 Å². The first-order valence-electron chi connectivity index (χ1n) is 10.8. The topological polar surface area (TPSA) is 42.3 Å². The Bertz CT molecular complexity index is 1350. The van der Waals surface area contributed by atoms with Gasteiger partial charge in [0.1, 0.15) is 4.21 Å². The highest BCUT2D eigenvalue weighted by molar-refractivity contribution is 7.91. The molecule has 1 aliphatic rings. The summed E-state index contributed by atoms with van der Waals surface area (Å²) in [6.07, 6.45) is 1.66. The number of fused-ring (bicyclic) bond motifs is 1. The lowest BCUT2D eigenvalue weighted by atomic mass is 9.88. The number of sulfonamides is 1. The van der Waals surface area contributed by atoms with Crippen LogP contribution in [0.2, 0.25) is 5.02 Å². The number of aromatic nitrogens is 1. The second kappa shape index (κ2) is 8.67. The third-order valence-corrected chi connectivity index (χ3v) is 9.97. The Morgan fingerprint density at radius 3 is 2.53 bits per heavy atom. The van der Waals surface area contributed by atoms with Crippen LogP contribution >= 0.6 is 22.9 Å². The standard InChI is InChI=1S/C25H25ClN2O2S2/c1-18-25(20-11-13-27(14-12-20)32(29,30)24-10-5-15-31-24)22-8-2-3-9-23(22)28(18)17-19-6-4-7-21(26)16-19/h2-10,15-16,20H,11-14,17H2,1H3. The summed E-state index contributed by atoms with van der Waals surface area (Å²) in [5, 5.41) is 3.83. The van der Waals surface area contributed by atoms with Crippen LogP contribution in [0.4, 0.5) is 0 Å². The van der Waals surface area contributed by atoms with Crippen molar-refractivity contribution < 1.29 is 8.42 Å². The maximum atomic E-state index is 12.9. The quantitative estimate of drug-likeness (QED) is 0.334. The highest BCUT2D eigenvalue weighted by Crippen LogP contribution is 2.39. The van der Waals surface area contributed by atoms with Crippen molar-refractivity contribution in [1.82, 2.24) is 8.87 Å². The lowest BCUT2D eigenvalue weighted by molar-refractivity contribution is 0.320. The number of hydrogen-bond acceptors (Lipinski definition) is 3. The fourth-order valence-corrected chi connectivity index (χ4v) is 7.74. The van der Waals surface area contributed by atoms with Gasteiger partial charge in [-0.3, -0.25) is 0 Å². The first kappa shape index (κ1) is 21.7. The van der Waals surface area contributed by atoms with Crippen LogP contribution in [-0.4, -0.2) is 30.4 Å². The largest absolute Gasteiger partial charge is 0.340 e. The maximum absolute atomic E-state index is 12.9. The lowest BCUT2D eigenvalue weighted by Gasteiger charge is -2.31. The van der Waals surface area contributed by atoms with Gasteiger partial charge in [0.2, 0.25) is 0 Å². The van der Waals surface area contributed by atoms with Gasteiger partial charge < -0.3 is 4.57 Å². The molecule has 0 bridgehead atoms. The molecule has 2 aromatic heterocycles. The molecule has 3 heterocycles. The van der Waals surface area contributed by atoms with Crippen molar-refractivity contribution in [1.29, 1.82) is 0 Å². The van der Waals surface area contributed by atoms with Gasteiger partial charge in [0.05, 0.1) is 0 Å². The average molecular weight is 485 g/mol. The number of para-hydroxylation sites is 1. The van der Waals surface area contributed by atoms with E-state index < -0.39 is 10.0 Å². The van der Waals surface area contributed by atoms with Crippen molar-refractivity contribution in [2.45, 2.75) is 36.4 Å². The Kier molecular flexibility index (Phi) is 5.88. The van der Waals surface area contributed by atoms with Gasteiger partial charge in [-0.25, -0.2) is 8.42 Å². The number of rotatable bonds is 5. The molecule has 2 aromatic carbocycles. The van der Waals surface area contributed by atoms with E-state index in [0.29, 0.717) is 23.2 Å². The van der Waals surface area contributed by atoms with E-state index in [9.17, 15) is 8.42 Å². The minimum absolute atomic E-state index is 0.343. The van der Waals surface area contributed by atoms with Crippen molar-refractivity contribution in [2.24, 2.45) is 0 Å². The Hall–Kier alpha value is -2.12. The zero-order chi connectivity index (χ0) is 22.3. The summed E-state index contributed by atoms with van der Waals surface area (Å²) in [6, 6.07) is 20.0. The lowest BCUT2D eigenvalue weighted by Crippen LogP contribution is -2.37. The van der Waals surface area contributed by atoms with Crippen LogP contribution in [0.25, 0.3) is 10.9 Å². The van der Waals surface area contributed by atoms with E-state index in [1.807, 2.05) is 23.6 Å². The molecule has 1 aliphatic heterocycles. The molecule has 0 atom stereocenters. The van der Waals surface area contributed by atoms with E-state index in [2.05, 4.69) is 41.8 Å². The fraction of sp³-hybridized carbons (Fsp3) is 0.280. The SMILES string of the molecule is Cc1c(C2CCN(S(=O)(=O)c3cccs3)CC2)c2ccccc2n1Cc1cccc(Cl)c1. The van der Waals surface area contributed by atoms with Crippen molar-refractivity contribution in [3.8, 4) is 0 Å². The van der Waals surface area contributed by atoms with E-state index in [1.165, 1.54) is 39.1 Å². The van der Waals surface area contributed by atoms with Crippen LogP contribution in [-0.2, 0) is 16.6 Å². The van der Waals surface area contributed by atoms with Gasteiger partial charge in [0.25, 0.3) is 10.0 Å². The van der Waals surface area contributed by atoms with E-state index in [0.717, 1.165) is 24.4 Å². The zero-order valence-electron chi connectivity index (χ0n) is 17.9. The van der Waals surface area contributed by atoms with Crippen LogP contribution in [0, 0.1) is 6.92 Å². The second-order valence-corrected chi connectivity index (χ2v) is 11.9. The predicted molar refractivity (Wildman–Crippen MR) is 132 cm³/mol. The molecular weight excluding hydrogens is 460 g/mol. The number of hydrogen-bond donors (Lipinski definition) is 0. The molecule has 0 aliphatic carbocycles. The third-order valence-electron chi connectivity index (χ3n) is 6.46. The fourth-order valence-electron chi connectivity index (χ4n) is 4.92. The summed E-state index contributed by atoms with van der Waals surface area (Å²) >= 11 is 7.51. The Balaban J connectivity index is 1.45. The van der Waals surface area contributed by atoms with Gasteiger partial charge in [-0.1, -0.05) is 48.0 Å². The molecule has 1 saturated heterocycles. The summed E-state index contributed by atoms with van der Waals surface area (Å²) < 4.78 is 30.3. The average Bonchev–Trinajstić information content (AvgIpc) is 3.42. The van der Waals surface area contributed by atoms with E-state index >= 15 is 0 Å². The normalized spacial score (nSPS) is 16.1. The molecule has 5 rings (SSSR count). The zero-order valence-corrected chi connectivity index (χ0v) is 20.3. The van der Waals surface area contributed by atoms with Crippen molar-refractivity contribution in [3.63, 3.8) is 0 Å². The molecule has 32 heavy (non-hydrogen) atoms. The Morgan fingerprint density at radius 1 is 1.03 bits per heavy atom. The van der Waals surface area contributed by atoms with E-state index in [1.54, 1.807) is 16.4 Å². The van der Waals surface area contributed by atoms with Crippen LogP contribution in [0.5, 0.6) is 0 Å². The minimum atomic E-state index is -3.38. The molecular formula is C25H25ClN2O2S2. The number of piperidine rings is 1. The smallest absolute Gasteiger partial charge is 0.252 e. The number of thiophene rings is 1. The molecule has 7 heteroatoms. The number of halogens is 1. The van der Waals surface area contributed by atoms with Gasteiger partial charge in [-0.05, 0) is 66.5 Å².